The van der Waals surface area contributed by atoms with Crippen molar-refractivity contribution in [3.63, 3.8) is 0 Å². The quantitative estimate of drug-likeness (QED) is 0.516. The number of benzene rings is 2. The lowest BCUT2D eigenvalue weighted by molar-refractivity contribution is 0.819. The van der Waals surface area contributed by atoms with E-state index in [2.05, 4.69) is 10.1 Å². The molecule has 0 unspecified atom stereocenters. The summed E-state index contributed by atoms with van der Waals surface area (Å²) in [6.07, 6.45) is 1.44. The SMILES string of the molecule is Cc1ccc(-n2ncc3[nH]c4cc(Cl)ccc4c(=O)c3c2=O)c(Cl)c1. The first kappa shape index (κ1) is 15.9. The molecule has 0 atom stereocenters. The monoisotopic (exact) mass is 371 g/mol. The average molecular weight is 372 g/mol. The van der Waals surface area contributed by atoms with E-state index in [9.17, 15) is 9.59 Å². The van der Waals surface area contributed by atoms with Crippen LogP contribution in [0.25, 0.3) is 27.5 Å². The van der Waals surface area contributed by atoms with Crippen molar-refractivity contribution in [3.05, 3.63) is 78.8 Å². The summed E-state index contributed by atoms with van der Waals surface area (Å²) in [5, 5.41) is 5.46. The van der Waals surface area contributed by atoms with Gasteiger partial charge < -0.3 is 4.98 Å². The molecule has 0 bridgehead atoms. The number of aromatic nitrogens is 3. The number of rotatable bonds is 1. The highest BCUT2D eigenvalue weighted by Crippen LogP contribution is 2.21. The second-order valence-corrected chi connectivity index (χ2v) is 6.59. The minimum absolute atomic E-state index is 0.0291. The number of fused-ring (bicyclic) bond motifs is 2. The summed E-state index contributed by atoms with van der Waals surface area (Å²) < 4.78 is 1.14. The molecular formula is C18H11Cl2N3O2. The summed E-state index contributed by atoms with van der Waals surface area (Å²) >= 11 is 12.2. The molecule has 0 aliphatic heterocycles. The van der Waals surface area contributed by atoms with Crippen LogP contribution in [0.3, 0.4) is 0 Å². The zero-order valence-corrected chi connectivity index (χ0v) is 14.5. The molecule has 2 heterocycles. The van der Waals surface area contributed by atoms with Crippen molar-refractivity contribution in [2.45, 2.75) is 6.92 Å². The molecule has 0 spiro atoms. The molecule has 1 N–H and O–H groups in total. The van der Waals surface area contributed by atoms with E-state index in [0.29, 0.717) is 32.2 Å². The number of nitrogens with one attached hydrogen (secondary N) is 1. The molecule has 0 amide bonds. The number of nitrogens with zero attached hydrogens (tertiary/aromatic N) is 2. The summed E-state index contributed by atoms with van der Waals surface area (Å²) in [6, 6.07) is 10.1. The molecule has 0 saturated heterocycles. The largest absolute Gasteiger partial charge is 0.353 e. The number of aryl methyl sites for hydroxylation is 1. The number of hydrogen-bond acceptors (Lipinski definition) is 3. The number of hydrogen-bond donors (Lipinski definition) is 1. The second-order valence-electron chi connectivity index (χ2n) is 5.75. The molecule has 25 heavy (non-hydrogen) atoms. The second kappa shape index (κ2) is 5.72. The van der Waals surface area contributed by atoms with Crippen LogP contribution in [0.1, 0.15) is 5.56 Å². The van der Waals surface area contributed by atoms with Gasteiger partial charge in [-0.05, 0) is 42.8 Å². The van der Waals surface area contributed by atoms with Gasteiger partial charge in [-0.25, -0.2) is 0 Å². The molecule has 2 aromatic heterocycles. The van der Waals surface area contributed by atoms with Crippen molar-refractivity contribution in [1.29, 1.82) is 0 Å². The predicted molar refractivity (Wildman–Crippen MR) is 100 cm³/mol. The van der Waals surface area contributed by atoms with Gasteiger partial charge in [0.1, 0.15) is 5.39 Å². The van der Waals surface area contributed by atoms with Crippen molar-refractivity contribution < 1.29 is 0 Å². The van der Waals surface area contributed by atoms with Gasteiger partial charge in [0, 0.05) is 10.4 Å². The van der Waals surface area contributed by atoms with E-state index in [-0.39, 0.29) is 10.8 Å². The molecule has 0 fully saturated rings. The summed E-state index contributed by atoms with van der Waals surface area (Å²) in [7, 11) is 0. The van der Waals surface area contributed by atoms with E-state index in [1.54, 1.807) is 30.3 Å². The Morgan fingerprint density at radius 1 is 1.04 bits per heavy atom. The van der Waals surface area contributed by atoms with Gasteiger partial charge in [0.15, 0.2) is 0 Å². The third kappa shape index (κ3) is 2.52. The normalized spacial score (nSPS) is 11.3. The molecule has 0 radical (unpaired) electrons. The van der Waals surface area contributed by atoms with Crippen LogP contribution in [-0.2, 0) is 0 Å². The van der Waals surface area contributed by atoms with Crippen LogP contribution in [0, 0.1) is 6.92 Å². The Hall–Kier alpha value is -2.63. The van der Waals surface area contributed by atoms with Crippen LogP contribution in [0.2, 0.25) is 10.0 Å². The molecule has 0 saturated carbocycles. The molecule has 124 valence electrons. The van der Waals surface area contributed by atoms with Crippen molar-refractivity contribution in [2.75, 3.05) is 0 Å². The number of pyridine rings is 1. The minimum atomic E-state index is -0.527. The maximum Gasteiger partial charge on any atom is 0.284 e. The zero-order chi connectivity index (χ0) is 17.7. The van der Waals surface area contributed by atoms with Crippen molar-refractivity contribution >= 4 is 45.0 Å². The topological polar surface area (TPSA) is 67.8 Å². The highest BCUT2D eigenvalue weighted by atomic mass is 35.5. The molecule has 4 aromatic rings. The molecule has 2 aromatic carbocycles. The first-order valence-corrected chi connectivity index (χ1v) is 8.21. The lowest BCUT2D eigenvalue weighted by Crippen LogP contribution is -2.26. The fourth-order valence-corrected chi connectivity index (χ4v) is 3.31. The maximum absolute atomic E-state index is 12.9. The molecule has 4 rings (SSSR count). The Kier molecular flexibility index (Phi) is 3.63. The summed E-state index contributed by atoms with van der Waals surface area (Å²) in [5.41, 5.74) is 1.39. The molecule has 0 aliphatic carbocycles. The molecule has 7 heteroatoms. The van der Waals surface area contributed by atoms with Gasteiger partial charge in [-0.15, -0.1) is 0 Å². The molecule has 5 nitrogen and oxygen atoms in total. The van der Waals surface area contributed by atoms with Crippen molar-refractivity contribution in [2.24, 2.45) is 0 Å². The Bertz CT molecular complexity index is 1280. The minimum Gasteiger partial charge on any atom is -0.353 e. The van der Waals surface area contributed by atoms with Gasteiger partial charge in [0.05, 0.1) is 27.9 Å². The zero-order valence-electron chi connectivity index (χ0n) is 13.0. The summed E-state index contributed by atoms with van der Waals surface area (Å²) in [4.78, 5) is 28.7. The fourth-order valence-electron chi connectivity index (χ4n) is 2.82. The average Bonchev–Trinajstić information content (AvgIpc) is 2.55. The third-order valence-electron chi connectivity index (χ3n) is 4.03. The van der Waals surface area contributed by atoms with Gasteiger partial charge in [0.2, 0.25) is 5.43 Å². The van der Waals surface area contributed by atoms with E-state index in [4.69, 9.17) is 23.2 Å². The molecule has 0 aliphatic rings. The van der Waals surface area contributed by atoms with Crippen LogP contribution in [0.4, 0.5) is 0 Å². The van der Waals surface area contributed by atoms with Crippen LogP contribution in [0.5, 0.6) is 0 Å². The Morgan fingerprint density at radius 3 is 2.60 bits per heavy atom. The van der Waals surface area contributed by atoms with E-state index < -0.39 is 5.56 Å². The summed E-state index contributed by atoms with van der Waals surface area (Å²) in [6.45, 7) is 1.90. The number of halogens is 2. The smallest absolute Gasteiger partial charge is 0.284 e. The van der Waals surface area contributed by atoms with E-state index in [0.717, 1.165) is 10.2 Å². The Labute approximate surface area is 151 Å². The van der Waals surface area contributed by atoms with Crippen LogP contribution in [-0.4, -0.2) is 14.8 Å². The van der Waals surface area contributed by atoms with Gasteiger partial charge in [-0.3, -0.25) is 9.59 Å². The highest BCUT2D eigenvalue weighted by Gasteiger charge is 2.14. The number of aromatic amines is 1. The van der Waals surface area contributed by atoms with Gasteiger partial charge in [-0.1, -0.05) is 29.3 Å². The standard InChI is InChI=1S/C18H11Cl2N3O2/c1-9-2-5-15(12(20)6-9)23-18(25)16-14(8-21-23)22-13-7-10(19)3-4-11(13)17(16)24/h2-8H,1H3,(H,22,24). The van der Waals surface area contributed by atoms with Crippen LogP contribution >= 0.6 is 23.2 Å². The first-order valence-electron chi connectivity index (χ1n) is 7.46. The Balaban J connectivity index is 2.10. The molecular weight excluding hydrogens is 361 g/mol. The maximum atomic E-state index is 12.9. The van der Waals surface area contributed by atoms with Gasteiger partial charge in [0.25, 0.3) is 5.56 Å². The lowest BCUT2D eigenvalue weighted by atomic mass is 10.1. The third-order valence-corrected chi connectivity index (χ3v) is 4.57. The first-order chi connectivity index (χ1) is 12.0. The summed E-state index contributed by atoms with van der Waals surface area (Å²) in [5.74, 6) is 0. The van der Waals surface area contributed by atoms with E-state index >= 15 is 0 Å². The lowest BCUT2D eigenvalue weighted by Gasteiger charge is -2.09. The fraction of sp³-hybridized carbons (Fsp3) is 0.0556. The number of H-pyrrole nitrogens is 1. The van der Waals surface area contributed by atoms with Crippen LogP contribution < -0.4 is 11.0 Å². The van der Waals surface area contributed by atoms with E-state index in [1.807, 2.05) is 13.0 Å². The van der Waals surface area contributed by atoms with Crippen molar-refractivity contribution in [3.8, 4) is 5.69 Å². The van der Waals surface area contributed by atoms with Crippen LogP contribution in [0.15, 0.2) is 52.2 Å². The van der Waals surface area contributed by atoms with E-state index in [1.165, 1.54) is 6.20 Å². The Morgan fingerprint density at radius 2 is 1.84 bits per heavy atom. The predicted octanol–water partition coefficient (Wildman–Crippen LogP) is 3.84. The van der Waals surface area contributed by atoms with Gasteiger partial charge in [-0.2, -0.15) is 9.78 Å². The van der Waals surface area contributed by atoms with Crippen molar-refractivity contribution in [1.82, 2.24) is 14.8 Å². The highest BCUT2D eigenvalue weighted by molar-refractivity contribution is 6.32. The van der Waals surface area contributed by atoms with Gasteiger partial charge >= 0.3 is 0 Å².